The van der Waals surface area contributed by atoms with Crippen molar-refractivity contribution in [2.45, 2.75) is 39.0 Å². The first kappa shape index (κ1) is 18.1. The number of nitrogens with one attached hydrogen (secondary N) is 2. The Labute approximate surface area is 138 Å². The lowest BCUT2D eigenvalue weighted by atomic mass is 10.2. The zero-order chi connectivity index (χ0) is 17.9. The van der Waals surface area contributed by atoms with Gasteiger partial charge in [0.2, 0.25) is 5.91 Å². The lowest BCUT2D eigenvalue weighted by Crippen LogP contribution is -2.39. The van der Waals surface area contributed by atoms with Gasteiger partial charge in [0, 0.05) is 5.69 Å². The van der Waals surface area contributed by atoms with Gasteiger partial charge in [-0.3, -0.25) is 10.1 Å². The summed E-state index contributed by atoms with van der Waals surface area (Å²) in [7, 11) is 0. The Morgan fingerprint density at radius 3 is 2.21 bits per heavy atom. The predicted molar refractivity (Wildman–Crippen MR) is 84.5 cm³/mol. The number of hydrogen-bond donors (Lipinski definition) is 2. The Balaban J connectivity index is 1.94. The van der Waals surface area contributed by atoms with E-state index in [2.05, 4.69) is 10.6 Å². The van der Waals surface area contributed by atoms with Crippen LogP contribution in [0.25, 0.3) is 0 Å². The van der Waals surface area contributed by atoms with E-state index in [9.17, 15) is 18.0 Å². The van der Waals surface area contributed by atoms with Crippen molar-refractivity contribution in [3.8, 4) is 0 Å². The van der Waals surface area contributed by atoms with E-state index in [0.717, 1.165) is 17.9 Å². The van der Waals surface area contributed by atoms with Crippen LogP contribution in [0.15, 0.2) is 40.8 Å². The van der Waals surface area contributed by atoms with Crippen molar-refractivity contribution < 1.29 is 22.4 Å². The van der Waals surface area contributed by atoms with Gasteiger partial charge in [-0.2, -0.15) is 13.2 Å². The van der Waals surface area contributed by atoms with Crippen LogP contribution >= 0.6 is 0 Å². The molecule has 1 aromatic carbocycles. The molecule has 1 aromatic heterocycles. The van der Waals surface area contributed by atoms with Crippen LogP contribution in [-0.4, -0.2) is 11.9 Å². The van der Waals surface area contributed by atoms with Gasteiger partial charge in [0.15, 0.2) is 0 Å². The number of furan rings is 1. The minimum atomic E-state index is -4.39. The fourth-order valence-electron chi connectivity index (χ4n) is 2.21. The first-order valence-electron chi connectivity index (χ1n) is 7.47. The Morgan fingerprint density at radius 1 is 1.08 bits per heavy atom. The van der Waals surface area contributed by atoms with Crippen LogP contribution in [-0.2, 0) is 11.0 Å². The summed E-state index contributed by atoms with van der Waals surface area (Å²) in [5, 5.41) is 5.66. The molecule has 0 saturated carbocycles. The van der Waals surface area contributed by atoms with E-state index in [1.165, 1.54) is 12.1 Å². The van der Waals surface area contributed by atoms with Gasteiger partial charge in [-0.1, -0.05) is 0 Å². The maximum absolute atomic E-state index is 12.5. The number of benzene rings is 1. The highest BCUT2D eigenvalue weighted by atomic mass is 19.4. The molecule has 2 unspecified atom stereocenters. The predicted octanol–water partition coefficient (Wildman–Crippen LogP) is 4.28. The highest BCUT2D eigenvalue weighted by Crippen LogP contribution is 2.29. The summed E-state index contributed by atoms with van der Waals surface area (Å²) < 4.78 is 43.0. The van der Waals surface area contributed by atoms with Crippen molar-refractivity contribution in [3.63, 3.8) is 0 Å². The summed E-state index contributed by atoms with van der Waals surface area (Å²) in [6.07, 6.45) is -4.39. The van der Waals surface area contributed by atoms with Crippen molar-refractivity contribution in [1.29, 1.82) is 0 Å². The standard InChI is InChI=1S/C17H19F3N2O2/c1-10-4-9-15(24-10)11(2)21-12(3)16(23)22-14-7-5-13(6-8-14)17(18,19)20/h4-9,11-12,21H,1-3H3,(H,22,23). The van der Waals surface area contributed by atoms with Crippen molar-refractivity contribution >= 4 is 11.6 Å². The second-order valence-electron chi connectivity index (χ2n) is 5.62. The van der Waals surface area contributed by atoms with Gasteiger partial charge in [0.25, 0.3) is 0 Å². The number of amides is 1. The van der Waals surface area contributed by atoms with E-state index in [4.69, 9.17) is 4.42 Å². The molecule has 4 nitrogen and oxygen atoms in total. The first-order valence-corrected chi connectivity index (χ1v) is 7.47. The molecule has 2 atom stereocenters. The second kappa shape index (κ2) is 7.09. The number of hydrogen-bond acceptors (Lipinski definition) is 3. The Kier molecular flexibility index (Phi) is 5.33. The fraction of sp³-hybridized carbons (Fsp3) is 0.353. The molecule has 2 rings (SSSR count). The molecule has 1 heterocycles. The molecule has 130 valence electrons. The van der Waals surface area contributed by atoms with Crippen molar-refractivity contribution in [2.24, 2.45) is 0 Å². The summed E-state index contributed by atoms with van der Waals surface area (Å²) in [5.41, 5.74) is -0.448. The molecule has 0 aliphatic heterocycles. The molecule has 2 N–H and O–H groups in total. The average Bonchev–Trinajstić information content (AvgIpc) is 2.93. The van der Waals surface area contributed by atoms with Crippen molar-refractivity contribution in [3.05, 3.63) is 53.5 Å². The molecule has 0 aliphatic carbocycles. The van der Waals surface area contributed by atoms with Gasteiger partial charge in [-0.15, -0.1) is 0 Å². The van der Waals surface area contributed by atoms with Crippen LogP contribution in [0.3, 0.4) is 0 Å². The monoisotopic (exact) mass is 340 g/mol. The zero-order valence-electron chi connectivity index (χ0n) is 13.6. The highest BCUT2D eigenvalue weighted by Gasteiger charge is 2.30. The van der Waals surface area contributed by atoms with Crippen LogP contribution in [0.5, 0.6) is 0 Å². The second-order valence-corrected chi connectivity index (χ2v) is 5.62. The molecule has 0 spiro atoms. The van der Waals surface area contributed by atoms with Gasteiger partial charge < -0.3 is 9.73 Å². The van der Waals surface area contributed by atoms with E-state index in [-0.39, 0.29) is 11.9 Å². The summed E-state index contributed by atoms with van der Waals surface area (Å²) >= 11 is 0. The third-order valence-electron chi connectivity index (χ3n) is 3.56. The van der Waals surface area contributed by atoms with Crippen LogP contribution in [0.2, 0.25) is 0 Å². The van der Waals surface area contributed by atoms with Crippen LogP contribution in [0.4, 0.5) is 18.9 Å². The SMILES string of the molecule is Cc1ccc(C(C)NC(C)C(=O)Nc2ccc(C(F)(F)F)cc2)o1. The van der Waals surface area contributed by atoms with Gasteiger partial charge in [0.05, 0.1) is 17.6 Å². The minimum Gasteiger partial charge on any atom is -0.465 e. The molecule has 24 heavy (non-hydrogen) atoms. The molecule has 0 bridgehead atoms. The number of alkyl halides is 3. The van der Waals surface area contributed by atoms with E-state index < -0.39 is 17.8 Å². The topological polar surface area (TPSA) is 54.3 Å². The molecule has 0 fully saturated rings. The maximum atomic E-state index is 12.5. The smallest absolute Gasteiger partial charge is 0.416 e. The number of halogens is 3. The molecule has 7 heteroatoms. The molecule has 1 amide bonds. The Morgan fingerprint density at radius 2 is 1.71 bits per heavy atom. The Bertz CT molecular complexity index is 693. The molecular weight excluding hydrogens is 321 g/mol. The highest BCUT2D eigenvalue weighted by molar-refractivity contribution is 5.94. The van der Waals surface area contributed by atoms with Crippen LogP contribution in [0, 0.1) is 6.92 Å². The number of carbonyl (C=O) groups excluding carboxylic acids is 1. The zero-order valence-corrected chi connectivity index (χ0v) is 13.6. The van der Waals surface area contributed by atoms with Gasteiger partial charge in [-0.05, 0) is 57.2 Å². The van der Waals surface area contributed by atoms with E-state index in [1.54, 1.807) is 6.92 Å². The maximum Gasteiger partial charge on any atom is 0.416 e. The van der Waals surface area contributed by atoms with E-state index in [1.807, 2.05) is 26.0 Å². The normalized spacial score (nSPS) is 14.2. The lowest BCUT2D eigenvalue weighted by molar-refractivity contribution is -0.137. The van der Waals surface area contributed by atoms with E-state index in [0.29, 0.717) is 11.4 Å². The lowest BCUT2D eigenvalue weighted by Gasteiger charge is -2.18. The van der Waals surface area contributed by atoms with Crippen LogP contribution < -0.4 is 10.6 Å². The third-order valence-corrected chi connectivity index (χ3v) is 3.56. The Hall–Kier alpha value is -2.28. The summed E-state index contributed by atoms with van der Waals surface area (Å²) in [6, 6.07) is 7.26. The molecule has 0 saturated heterocycles. The third kappa shape index (κ3) is 4.61. The molecular formula is C17H19F3N2O2. The molecule has 0 aliphatic rings. The average molecular weight is 340 g/mol. The van der Waals surface area contributed by atoms with Gasteiger partial charge >= 0.3 is 6.18 Å². The number of anilines is 1. The number of rotatable bonds is 5. The molecule has 0 radical (unpaired) electrons. The van der Waals surface area contributed by atoms with Gasteiger partial charge in [-0.25, -0.2) is 0 Å². The number of carbonyl (C=O) groups is 1. The van der Waals surface area contributed by atoms with Crippen molar-refractivity contribution in [2.75, 3.05) is 5.32 Å². The van der Waals surface area contributed by atoms with Crippen molar-refractivity contribution in [1.82, 2.24) is 5.32 Å². The fourth-order valence-corrected chi connectivity index (χ4v) is 2.21. The van der Waals surface area contributed by atoms with Crippen LogP contribution in [0.1, 0.15) is 37.0 Å². The number of aryl methyl sites for hydroxylation is 1. The largest absolute Gasteiger partial charge is 0.465 e. The minimum absolute atomic E-state index is 0.174. The van der Waals surface area contributed by atoms with E-state index >= 15 is 0 Å². The van der Waals surface area contributed by atoms with Gasteiger partial charge in [0.1, 0.15) is 11.5 Å². The summed E-state index contributed by atoms with van der Waals surface area (Å²) in [6.45, 7) is 5.36. The quantitative estimate of drug-likeness (QED) is 0.854. The summed E-state index contributed by atoms with van der Waals surface area (Å²) in [5.74, 6) is 1.15. The molecule has 2 aromatic rings. The first-order chi connectivity index (χ1) is 11.2. The summed E-state index contributed by atoms with van der Waals surface area (Å²) in [4.78, 5) is 12.1.